The number of oxazole rings is 1. The van der Waals surface area contributed by atoms with Crippen LogP contribution in [0.15, 0.2) is 22.6 Å². The molecule has 1 N–H and O–H groups in total. The number of rotatable bonds is 4. The van der Waals surface area contributed by atoms with Crippen LogP contribution in [0.4, 0.5) is 0 Å². The third-order valence-corrected chi connectivity index (χ3v) is 3.65. The Morgan fingerprint density at radius 3 is 3.17 bits per heavy atom. The molecule has 1 atom stereocenters. The van der Waals surface area contributed by atoms with E-state index < -0.39 is 0 Å². The number of fused-ring (bicyclic) bond motifs is 1. The molecule has 18 heavy (non-hydrogen) atoms. The summed E-state index contributed by atoms with van der Waals surface area (Å²) in [6.07, 6.45) is 5.95. The molecule has 1 aromatic carbocycles. The lowest BCUT2D eigenvalue weighted by atomic mass is 10.1. The molecule has 0 saturated carbocycles. The van der Waals surface area contributed by atoms with Gasteiger partial charge in [0.25, 0.3) is 0 Å². The monoisotopic (exact) mass is 244 g/mol. The maximum atomic E-state index is 5.84. The highest BCUT2D eigenvalue weighted by molar-refractivity contribution is 5.73. The Labute approximate surface area is 108 Å². The van der Waals surface area contributed by atoms with Crippen molar-refractivity contribution in [2.75, 3.05) is 6.54 Å². The van der Waals surface area contributed by atoms with Gasteiger partial charge in [0.1, 0.15) is 5.52 Å². The molecule has 1 aromatic heterocycles. The fraction of sp³-hybridized carbons (Fsp3) is 0.533. The maximum absolute atomic E-state index is 5.84. The van der Waals surface area contributed by atoms with E-state index in [1.165, 1.54) is 24.8 Å². The lowest BCUT2D eigenvalue weighted by Gasteiger charge is -2.02. The predicted octanol–water partition coefficient (Wildman–Crippen LogP) is 3.59. The van der Waals surface area contributed by atoms with Crippen molar-refractivity contribution >= 4 is 11.1 Å². The third kappa shape index (κ3) is 2.27. The molecule has 1 saturated heterocycles. The highest BCUT2D eigenvalue weighted by Gasteiger charge is 2.21. The van der Waals surface area contributed by atoms with Crippen molar-refractivity contribution < 1.29 is 4.42 Å². The molecule has 0 spiro atoms. The summed E-state index contributed by atoms with van der Waals surface area (Å²) >= 11 is 0. The Hall–Kier alpha value is -1.35. The highest BCUT2D eigenvalue weighted by Crippen LogP contribution is 2.26. The van der Waals surface area contributed by atoms with Gasteiger partial charge in [-0.3, -0.25) is 0 Å². The molecule has 96 valence electrons. The van der Waals surface area contributed by atoms with Gasteiger partial charge < -0.3 is 9.73 Å². The van der Waals surface area contributed by atoms with Gasteiger partial charge in [-0.2, -0.15) is 0 Å². The Balaban J connectivity index is 1.86. The molecule has 1 aliphatic rings. The molecule has 2 aromatic rings. The molecule has 3 rings (SSSR count). The van der Waals surface area contributed by atoms with Crippen LogP contribution >= 0.6 is 0 Å². The van der Waals surface area contributed by atoms with Crippen molar-refractivity contribution in [3.8, 4) is 0 Å². The first-order valence-corrected chi connectivity index (χ1v) is 6.99. The van der Waals surface area contributed by atoms with Gasteiger partial charge in [0.05, 0.1) is 6.04 Å². The molecule has 2 heterocycles. The van der Waals surface area contributed by atoms with Crippen molar-refractivity contribution in [2.45, 2.75) is 45.1 Å². The van der Waals surface area contributed by atoms with E-state index in [9.17, 15) is 0 Å². The van der Waals surface area contributed by atoms with Gasteiger partial charge in [0.2, 0.25) is 5.89 Å². The fourth-order valence-electron chi connectivity index (χ4n) is 2.57. The van der Waals surface area contributed by atoms with Crippen molar-refractivity contribution in [1.82, 2.24) is 10.3 Å². The van der Waals surface area contributed by atoms with Crippen LogP contribution in [0.3, 0.4) is 0 Å². The summed E-state index contributed by atoms with van der Waals surface area (Å²) in [7, 11) is 0. The zero-order chi connectivity index (χ0) is 12.4. The van der Waals surface area contributed by atoms with Crippen LogP contribution < -0.4 is 5.32 Å². The van der Waals surface area contributed by atoms with E-state index in [1.807, 2.05) is 0 Å². The Morgan fingerprint density at radius 2 is 2.39 bits per heavy atom. The minimum atomic E-state index is 0.316. The van der Waals surface area contributed by atoms with E-state index in [0.29, 0.717) is 6.04 Å². The molecule has 0 radical (unpaired) electrons. The first-order valence-electron chi connectivity index (χ1n) is 6.99. The summed E-state index contributed by atoms with van der Waals surface area (Å²) < 4.78 is 5.84. The van der Waals surface area contributed by atoms with Crippen molar-refractivity contribution in [2.24, 2.45) is 0 Å². The van der Waals surface area contributed by atoms with E-state index in [4.69, 9.17) is 4.42 Å². The van der Waals surface area contributed by atoms with Crippen LogP contribution in [-0.2, 0) is 6.42 Å². The molecule has 0 aliphatic carbocycles. The maximum Gasteiger partial charge on any atom is 0.212 e. The third-order valence-electron chi connectivity index (χ3n) is 3.65. The number of nitrogens with one attached hydrogen (secondary N) is 1. The van der Waals surface area contributed by atoms with Gasteiger partial charge in [0, 0.05) is 0 Å². The normalized spacial score (nSPS) is 19.7. The number of benzene rings is 1. The van der Waals surface area contributed by atoms with Crippen LogP contribution in [0.5, 0.6) is 0 Å². The number of hydrogen-bond acceptors (Lipinski definition) is 3. The van der Waals surface area contributed by atoms with Crippen molar-refractivity contribution in [3.05, 3.63) is 29.7 Å². The van der Waals surface area contributed by atoms with E-state index in [2.05, 4.69) is 35.4 Å². The summed E-state index contributed by atoms with van der Waals surface area (Å²) in [5, 5.41) is 3.43. The summed E-state index contributed by atoms with van der Waals surface area (Å²) in [6, 6.07) is 6.71. The van der Waals surface area contributed by atoms with E-state index in [1.54, 1.807) is 0 Å². The van der Waals surface area contributed by atoms with Crippen LogP contribution in [0.2, 0.25) is 0 Å². The van der Waals surface area contributed by atoms with Gasteiger partial charge in [-0.25, -0.2) is 4.98 Å². The lowest BCUT2D eigenvalue weighted by Crippen LogP contribution is -2.12. The molecule has 0 bridgehead atoms. The number of aromatic nitrogens is 1. The Morgan fingerprint density at radius 1 is 1.44 bits per heavy atom. The Bertz CT molecular complexity index is 526. The van der Waals surface area contributed by atoms with Crippen molar-refractivity contribution in [1.29, 1.82) is 0 Å². The smallest absolute Gasteiger partial charge is 0.212 e. The van der Waals surface area contributed by atoms with E-state index in [0.717, 1.165) is 36.4 Å². The number of nitrogens with zero attached hydrogens (tertiary/aromatic N) is 1. The largest absolute Gasteiger partial charge is 0.439 e. The van der Waals surface area contributed by atoms with E-state index >= 15 is 0 Å². The first-order chi connectivity index (χ1) is 8.86. The molecule has 0 amide bonds. The molecule has 1 unspecified atom stereocenters. The number of aryl methyl sites for hydroxylation is 1. The van der Waals surface area contributed by atoms with Crippen LogP contribution in [0.25, 0.3) is 11.1 Å². The van der Waals surface area contributed by atoms with Gasteiger partial charge >= 0.3 is 0 Å². The van der Waals surface area contributed by atoms with Crippen LogP contribution in [0, 0.1) is 0 Å². The number of hydrogen-bond donors (Lipinski definition) is 1. The zero-order valence-corrected chi connectivity index (χ0v) is 10.9. The molecular weight excluding hydrogens is 224 g/mol. The second kappa shape index (κ2) is 5.11. The number of unbranched alkanes of at least 4 members (excludes halogenated alkanes) is 1. The summed E-state index contributed by atoms with van der Waals surface area (Å²) in [4.78, 5) is 4.63. The molecule has 1 aliphatic heterocycles. The minimum absolute atomic E-state index is 0.316. The topological polar surface area (TPSA) is 38.1 Å². The average molecular weight is 244 g/mol. The first kappa shape index (κ1) is 11.7. The molecule has 3 nitrogen and oxygen atoms in total. The van der Waals surface area contributed by atoms with Gasteiger partial charge in [0.15, 0.2) is 5.58 Å². The highest BCUT2D eigenvalue weighted by atomic mass is 16.3. The van der Waals surface area contributed by atoms with E-state index in [-0.39, 0.29) is 0 Å². The van der Waals surface area contributed by atoms with Gasteiger partial charge in [-0.1, -0.05) is 19.4 Å². The molecule has 1 fully saturated rings. The summed E-state index contributed by atoms with van der Waals surface area (Å²) in [5.41, 5.74) is 3.29. The lowest BCUT2D eigenvalue weighted by molar-refractivity contribution is 0.452. The SMILES string of the molecule is CCCCc1ccc2oc(C3CCCN3)nc2c1. The average Bonchev–Trinajstić information content (AvgIpc) is 3.03. The quantitative estimate of drug-likeness (QED) is 0.893. The predicted molar refractivity (Wildman–Crippen MR) is 72.6 cm³/mol. The standard InChI is InChI=1S/C15H20N2O/c1-2-3-5-11-7-8-14-13(10-11)17-15(18-14)12-6-4-9-16-12/h7-8,10,12,16H,2-6,9H2,1H3. The summed E-state index contributed by atoms with van der Waals surface area (Å²) in [5.74, 6) is 0.857. The zero-order valence-electron chi connectivity index (χ0n) is 10.9. The molecule has 3 heteroatoms. The second-order valence-electron chi connectivity index (χ2n) is 5.11. The minimum Gasteiger partial charge on any atom is -0.439 e. The second-order valence-corrected chi connectivity index (χ2v) is 5.11. The van der Waals surface area contributed by atoms with Gasteiger partial charge in [-0.05, 0) is 49.9 Å². The van der Waals surface area contributed by atoms with Gasteiger partial charge in [-0.15, -0.1) is 0 Å². The molecular formula is C15H20N2O. The summed E-state index contributed by atoms with van der Waals surface area (Å²) in [6.45, 7) is 3.30. The van der Waals surface area contributed by atoms with Crippen LogP contribution in [-0.4, -0.2) is 11.5 Å². The Kier molecular flexibility index (Phi) is 3.33. The van der Waals surface area contributed by atoms with Crippen molar-refractivity contribution in [3.63, 3.8) is 0 Å². The fourth-order valence-corrected chi connectivity index (χ4v) is 2.57. The van der Waals surface area contributed by atoms with Crippen LogP contribution in [0.1, 0.15) is 50.1 Å².